The summed E-state index contributed by atoms with van der Waals surface area (Å²) >= 11 is 6.12. The van der Waals surface area contributed by atoms with Crippen molar-refractivity contribution in [2.24, 2.45) is 5.73 Å². The fourth-order valence-corrected chi connectivity index (χ4v) is 1.96. The van der Waals surface area contributed by atoms with Gasteiger partial charge in [-0.05, 0) is 23.8 Å². The first-order chi connectivity index (χ1) is 9.08. The molecule has 0 fully saturated rings. The Balaban J connectivity index is 2.20. The molecule has 0 radical (unpaired) electrons. The Labute approximate surface area is 116 Å². The third-order valence-corrected chi connectivity index (χ3v) is 3.17. The zero-order valence-electron chi connectivity index (χ0n) is 10.5. The maximum Gasteiger partial charge on any atom is 0.267 e. The normalized spacial score (nSPS) is 10.2. The maximum absolute atomic E-state index is 11.1. The summed E-state index contributed by atoms with van der Waals surface area (Å²) in [4.78, 5) is 17.0. The minimum atomic E-state index is -0.534. The molecule has 0 atom stereocenters. The van der Waals surface area contributed by atoms with Crippen LogP contribution in [0.15, 0.2) is 42.6 Å². The first-order valence-electron chi connectivity index (χ1n) is 5.78. The number of benzene rings is 1. The van der Waals surface area contributed by atoms with Gasteiger partial charge in [-0.2, -0.15) is 0 Å². The Morgan fingerprint density at radius 3 is 2.79 bits per heavy atom. The number of nitrogens with two attached hydrogens (primary N) is 1. The molecule has 19 heavy (non-hydrogen) atoms. The molecule has 5 heteroatoms. The van der Waals surface area contributed by atoms with E-state index in [0.29, 0.717) is 6.54 Å². The zero-order valence-corrected chi connectivity index (χ0v) is 11.3. The van der Waals surface area contributed by atoms with Crippen LogP contribution in [-0.2, 0) is 6.54 Å². The van der Waals surface area contributed by atoms with Crippen LogP contribution in [0.25, 0.3) is 0 Å². The number of hydrogen-bond acceptors (Lipinski definition) is 3. The Kier molecular flexibility index (Phi) is 4.02. The number of hydrogen-bond donors (Lipinski definition) is 1. The molecule has 0 aliphatic carbocycles. The highest BCUT2D eigenvalue weighted by Gasteiger charge is 2.08. The molecular formula is C14H14ClN3O. The first-order valence-corrected chi connectivity index (χ1v) is 6.16. The smallest absolute Gasteiger partial charge is 0.267 e. The molecule has 0 saturated carbocycles. The maximum atomic E-state index is 11.1. The molecule has 4 nitrogen and oxygen atoms in total. The van der Waals surface area contributed by atoms with Crippen molar-refractivity contribution in [3.05, 3.63) is 58.9 Å². The number of anilines is 1. The van der Waals surface area contributed by atoms with Crippen molar-refractivity contribution in [1.82, 2.24) is 4.98 Å². The average molecular weight is 276 g/mol. The molecule has 2 N–H and O–H groups in total. The first kappa shape index (κ1) is 13.4. The number of aromatic nitrogens is 1. The zero-order chi connectivity index (χ0) is 13.8. The lowest BCUT2D eigenvalue weighted by molar-refractivity contribution is 0.0995. The molecule has 1 heterocycles. The van der Waals surface area contributed by atoms with Crippen LogP contribution in [0.5, 0.6) is 0 Å². The van der Waals surface area contributed by atoms with Crippen molar-refractivity contribution in [2.75, 3.05) is 11.9 Å². The van der Waals surface area contributed by atoms with Crippen LogP contribution in [0.1, 0.15) is 16.1 Å². The van der Waals surface area contributed by atoms with Crippen LogP contribution >= 0.6 is 11.6 Å². The lowest BCUT2D eigenvalue weighted by atomic mass is 10.2. The minimum Gasteiger partial charge on any atom is -0.370 e. The van der Waals surface area contributed by atoms with Crippen molar-refractivity contribution in [3.8, 4) is 0 Å². The second-order valence-electron chi connectivity index (χ2n) is 4.21. The van der Waals surface area contributed by atoms with E-state index in [2.05, 4.69) is 4.98 Å². The highest BCUT2D eigenvalue weighted by atomic mass is 35.5. The van der Waals surface area contributed by atoms with Gasteiger partial charge in [-0.1, -0.05) is 29.8 Å². The SMILES string of the molecule is CN(Cc1ccccc1Cl)c1ccnc(C(N)=O)c1. The second-order valence-corrected chi connectivity index (χ2v) is 4.62. The fraction of sp³-hybridized carbons (Fsp3) is 0.143. The standard InChI is InChI=1S/C14H14ClN3O/c1-18(9-10-4-2-3-5-12(10)15)11-6-7-17-13(8-11)14(16)19/h2-8H,9H2,1H3,(H2,16,19). The van der Waals surface area contributed by atoms with E-state index in [0.717, 1.165) is 16.3 Å². The number of carbonyl (C=O) groups is 1. The lowest BCUT2D eigenvalue weighted by Crippen LogP contribution is -2.19. The molecule has 1 aromatic heterocycles. The monoisotopic (exact) mass is 275 g/mol. The van der Waals surface area contributed by atoms with Gasteiger partial charge in [0.25, 0.3) is 5.91 Å². The molecule has 0 spiro atoms. The molecule has 2 rings (SSSR count). The van der Waals surface area contributed by atoms with Crippen LogP contribution in [0.2, 0.25) is 5.02 Å². The van der Waals surface area contributed by atoms with Crippen molar-refractivity contribution in [1.29, 1.82) is 0 Å². The van der Waals surface area contributed by atoms with Gasteiger partial charge in [0.05, 0.1) is 0 Å². The Bertz CT molecular complexity index is 601. The van der Waals surface area contributed by atoms with Gasteiger partial charge >= 0.3 is 0 Å². The summed E-state index contributed by atoms with van der Waals surface area (Å²) in [5.41, 5.74) is 7.35. The van der Waals surface area contributed by atoms with Gasteiger partial charge in [0.2, 0.25) is 0 Å². The molecule has 98 valence electrons. The molecule has 2 aromatic rings. The summed E-state index contributed by atoms with van der Waals surface area (Å²) in [7, 11) is 1.92. The van der Waals surface area contributed by atoms with Gasteiger partial charge in [0.1, 0.15) is 5.69 Å². The number of nitrogens with zero attached hydrogens (tertiary/aromatic N) is 2. The third kappa shape index (κ3) is 3.23. The molecule has 0 bridgehead atoms. The largest absolute Gasteiger partial charge is 0.370 e. The Morgan fingerprint density at radius 1 is 1.37 bits per heavy atom. The highest BCUT2D eigenvalue weighted by molar-refractivity contribution is 6.31. The van der Waals surface area contributed by atoms with E-state index in [-0.39, 0.29) is 5.69 Å². The number of amides is 1. The average Bonchev–Trinajstić information content (AvgIpc) is 2.41. The number of primary amides is 1. The molecule has 0 aliphatic heterocycles. The van der Waals surface area contributed by atoms with E-state index in [1.54, 1.807) is 12.3 Å². The highest BCUT2D eigenvalue weighted by Crippen LogP contribution is 2.20. The van der Waals surface area contributed by atoms with E-state index >= 15 is 0 Å². The molecular weight excluding hydrogens is 262 g/mol. The van der Waals surface area contributed by atoms with Crippen molar-refractivity contribution >= 4 is 23.2 Å². The van der Waals surface area contributed by atoms with Gasteiger partial charge in [-0.3, -0.25) is 9.78 Å². The van der Waals surface area contributed by atoms with Crippen LogP contribution < -0.4 is 10.6 Å². The number of halogens is 1. The summed E-state index contributed by atoms with van der Waals surface area (Å²) in [6, 6.07) is 11.1. The predicted molar refractivity (Wildman–Crippen MR) is 76.3 cm³/mol. The number of carbonyl (C=O) groups excluding carboxylic acids is 1. The van der Waals surface area contributed by atoms with E-state index in [1.165, 1.54) is 0 Å². The third-order valence-electron chi connectivity index (χ3n) is 2.80. The van der Waals surface area contributed by atoms with Crippen molar-refractivity contribution < 1.29 is 4.79 Å². The molecule has 0 saturated heterocycles. The van der Waals surface area contributed by atoms with Gasteiger partial charge in [-0.25, -0.2) is 0 Å². The fourth-order valence-electron chi connectivity index (χ4n) is 1.77. The summed E-state index contributed by atoms with van der Waals surface area (Å²) < 4.78 is 0. The molecule has 0 unspecified atom stereocenters. The van der Waals surface area contributed by atoms with Gasteiger partial charge < -0.3 is 10.6 Å². The topological polar surface area (TPSA) is 59.2 Å². The van der Waals surface area contributed by atoms with Crippen LogP contribution in [-0.4, -0.2) is 17.9 Å². The van der Waals surface area contributed by atoms with Crippen LogP contribution in [0, 0.1) is 0 Å². The minimum absolute atomic E-state index is 0.253. The number of pyridine rings is 1. The molecule has 0 aliphatic rings. The van der Waals surface area contributed by atoms with E-state index in [9.17, 15) is 4.79 Å². The summed E-state index contributed by atoms with van der Waals surface area (Å²) in [5.74, 6) is -0.534. The van der Waals surface area contributed by atoms with Crippen molar-refractivity contribution in [2.45, 2.75) is 6.54 Å². The predicted octanol–water partition coefficient (Wildman–Crippen LogP) is 2.47. The van der Waals surface area contributed by atoms with Crippen molar-refractivity contribution in [3.63, 3.8) is 0 Å². The van der Waals surface area contributed by atoms with E-state index < -0.39 is 5.91 Å². The second kappa shape index (κ2) is 5.71. The summed E-state index contributed by atoms with van der Waals surface area (Å²) in [6.45, 7) is 0.641. The van der Waals surface area contributed by atoms with Gasteiger partial charge in [0, 0.05) is 30.5 Å². The lowest BCUT2D eigenvalue weighted by Gasteiger charge is -2.20. The Morgan fingerprint density at radius 2 is 2.11 bits per heavy atom. The van der Waals surface area contributed by atoms with E-state index in [4.69, 9.17) is 17.3 Å². The van der Waals surface area contributed by atoms with Crippen LogP contribution in [0.3, 0.4) is 0 Å². The van der Waals surface area contributed by atoms with Gasteiger partial charge in [-0.15, -0.1) is 0 Å². The molecule has 1 aromatic carbocycles. The van der Waals surface area contributed by atoms with Gasteiger partial charge in [0.15, 0.2) is 0 Å². The summed E-state index contributed by atoms with van der Waals surface area (Å²) in [5, 5.41) is 0.721. The Hall–Kier alpha value is -2.07. The van der Waals surface area contributed by atoms with Crippen LogP contribution in [0.4, 0.5) is 5.69 Å². The molecule has 1 amide bonds. The summed E-state index contributed by atoms with van der Waals surface area (Å²) in [6.07, 6.45) is 1.57. The number of rotatable bonds is 4. The quantitative estimate of drug-likeness (QED) is 0.932. The van der Waals surface area contributed by atoms with E-state index in [1.807, 2.05) is 42.3 Å².